The molecule has 0 unspecified atom stereocenters. The molecular weight excluding hydrogens is 321 g/mol. The fourth-order valence-electron chi connectivity index (χ4n) is 1.76. The average molecular weight is 334 g/mol. The van der Waals surface area contributed by atoms with Crippen molar-refractivity contribution in [1.29, 1.82) is 0 Å². The smallest absolute Gasteiger partial charge is 0.248 e. The predicted octanol–water partition coefficient (Wildman–Crippen LogP) is 4.85. The van der Waals surface area contributed by atoms with E-state index in [1.165, 1.54) is 13.0 Å². The summed E-state index contributed by atoms with van der Waals surface area (Å²) in [6.45, 7) is 1.49. The van der Waals surface area contributed by atoms with E-state index in [0.29, 0.717) is 21.3 Å². The van der Waals surface area contributed by atoms with Gasteiger partial charge in [0, 0.05) is 17.3 Å². The molecule has 1 N–H and O–H groups in total. The molecule has 2 aromatic rings. The number of ketones is 1. The fourth-order valence-corrected chi connectivity index (χ4v) is 2.07. The van der Waals surface area contributed by atoms with Crippen LogP contribution in [0, 0.1) is 0 Å². The maximum absolute atomic E-state index is 11.8. The third-order valence-corrected chi connectivity index (χ3v) is 3.67. The molecule has 1 amide bonds. The van der Waals surface area contributed by atoms with Gasteiger partial charge in [-0.15, -0.1) is 0 Å². The molecule has 0 aliphatic carbocycles. The third kappa shape index (κ3) is 4.45. The predicted molar refractivity (Wildman–Crippen MR) is 90.6 cm³/mol. The lowest BCUT2D eigenvalue weighted by molar-refractivity contribution is -0.111. The molecule has 0 heterocycles. The van der Waals surface area contributed by atoms with Gasteiger partial charge >= 0.3 is 0 Å². The van der Waals surface area contributed by atoms with Gasteiger partial charge in [-0.3, -0.25) is 9.59 Å². The first-order valence-corrected chi connectivity index (χ1v) is 7.26. The van der Waals surface area contributed by atoms with Gasteiger partial charge in [0.25, 0.3) is 0 Å². The molecule has 5 heteroatoms. The average Bonchev–Trinajstić information content (AvgIpc) is 2.49. The molecule has 0 saturated carbocycles. The van der Waals surface area contributed by atoms with Crippen molar-refractivity contribution in [2.75, 3.05) is 5.32 Å². The topological polar surface area (TPSA) is 46.2 Å². The van der Waals surface area contributed by atoms with E-state index < -0.39 is 0 Å². The standard InChI is InChI=1S/C17H13Cl2NO2/c1-11(21)13-4-6-14(7-5-13)20-17(22)9-3-12-2-8-15(18)16(19)10-12/h2-10H,1H3,(H,20,22). The monoisotopic (exact) mass is 333 g/mol. The zero-order valence-corrected chi connectivity index (χ0v) is 13.3. The van der Waals surface area contributed by atoms with Gasteiger partial charge in [-0.25, -0.2) is 0 Å². The van der Waals surface area contributed by atoms with Crippen LogP contribution in [-0.2, 0) is 4.79 Å². The van der Waals surface area contributed by atoms with E-state index in [-0.39, 0.29) is 11.7 Å². The van der Waals surface area contributed by atoms with E-state index in [1.54, 1.807) is 48.5 Å². The van der Waals surface area contributed by atoms with Crippen LogP contribution < -0.4 is 5.32 Å². The summed E-state index contributed by atoms with van der Waals surface area (Å²) in [6, 6.07) is 11.8. The van der Waals surface area contributed by atoms with Crippen molar-refractivity contribution in [3.8, 4) is 0 Å². The van der Waals surface area contributed by atoms with Crippen LogP contribution in [-0.4, -0.2) is 11.7 Å². The Morgan fingerprint density at radius 1 is 1.00 bits per heavy atom. The highest BCUT2D eigenvalue weighted by Gasteiger charge is 2.02. The Morgan fingerprint density at radius 3 is 2.27 bits per heavy atom. The number of amides is 1. The normalized spacial score (nSPS) is 10.7. The van der Waals surface area contributed by atoms with Crippen LogP contribution in [0.2, 0.25) is 10.0 Å². The molecule has 22 heavy (non-hydrogen) atoms. The zero-order valence-electron chi connectivity index (χ0n) is 11.8. The molecule has 0 aromatic heterocycles. The Bertz CT molecular complexity index is 737. The molecule has 0 aliphatic rings. The Labute approximate surface area is 138 Å². The van der Waals surface area contributed by atoms with Gasteiger partial charge in [0.05, 0.1) is 10.0 Å². The van der Waals surface area contributed by atoms with Crippen LogP contribution in [0.5, 0.6) is 0 Å². The summed E-state index contributed by atoms with van der Waals surface area (Å²) < 4.78 is 0. The Balaban J connectivity index is 2.01. The minimum absolute atomic E-state index is 0.0163. The maximum atomic E-state index is 11.8. The first-order valence-electron chi connectivity index (χ1n) is 6.51. The number of anilines is 1. The third-order valence-electron chi connectivity index (χ3n) is 2.93. The van der Waals surface area contributed by atoms with Gasteiger partial charge in [0.1, 0.15) is 0 Å². The number of Topliss-reactive ketones (excluding diaryl/α,β-unsaturated/α-hetero) is 1. The number of rotatable bonds is 4. The van der Waals surface area contributed by atoms with Gasteiger partial charge in [0.2, 0.25) is 5.91 Å². The second kappa shape index (κ2) is 7.25. The van der Waals surface area contributed by atoms with Gasteiger partial charge in [0.15, 0.2) is 5.78 Å². The van der Waals surface area contributed by atoms with Crippen molar-refractivity contribution in [3.63, 3.8) is 0 Å². The highest BCUT2D eigenvalue weighted by molar-refractivity contribution is 6.42. The lowest BCUT2D eigenvalue weighted by Crippen LogP contribution is -2.07. The van der Waals surface area contributed by atoms with Crippen LogP contribution in [0.25, 0.3) is 6.08 Å². The SMILES string of the molecule is CC(=O)c1ccc(NC(=O)C=Cc2ccc(Cl)c(Cl)c2)cc1. The lowest BCUT2D eigenvalue weighted by Gasteiger charge is -2.03. The van der Waals surface area contributed by atoms with E-state index >= 15 is 0 Å². The van der Waals surface area contributed by atoms with Gasteiger partial charge in [-0.1, -0.05) is 29.3 Å². The molecule has 3 nitrogen and oxygen atoms in total. The van der Waals surface area contributed by atoms with Crippen LogP contribution >= 0.6 is 23.2 Å². The van der Waals surface area contributed by atoms with Crippen molar-refractivity contribution in [2.45, 2.75) is 6.92 Å². The largest absolute Gasteiger partial charge is 0.323 e. The highest BCUT2D eigenvalue weighted by Crippen LogP contribution is 2.23. The number of benzene rings is 2. The number of hydrogen-bond donors (Lipinski definition) is 1. The Hall–Kier alpha value is -2.10. The minimum Gasteiger partial charge on any atom is -0.323 e. The Morgan fingerprint density at radius 2 is 1.68 bits per heavy atom. The van der Waals surface area contributed by atoms with Crippen LogP contribution in [0.1, 0.15) is 22.8 Å². The zero-order chi connectivity index (χ0) is 16.1. The summed E-state index contributed by atoms with van der Waals surface area (Å²) in [5.41, 5.74) is 2.00. The summed E-state index contributed by atoms with van der Waals surface area (Å²) in [5.74, 6) is -0.293. The van der Waals surface area contributed by atoms with Gasteiger partial charge in [-0.05, 0) is 55.0 Å². The fraction of sp³-hybridized carbons (Fsp3) is 0.0588. The molecule has 0 fully saturated rings. The molecule has 0 spiro atoms. The van der Waals surface area contributed by atoms with Crippen LogP contribution in [0.4, 0.5) is 5.69 Å². The second-order valence-corrected chi connectivity index (χ2v) is 5.44. The number of carbonyl (C=O) groups excluding carboxylic acids is 2. The molecular formula is C17H13Cl2NO2. The number of hydrogen-bond acceptors (Lipinski definition) is 2. The van der Waals surface area contributed by atoms with Crippen molar-refractivity contribution in [3.05, 3.63) is 69.7 Å². The highest BCUT2D eigenvalue weighted by atomic mass is 35.5. The molecule has 0 saturated heterocycles. The van der Waals surface area contributed by atoms with Crippen molar-refractivity contribution < 1.29 is 9.59 Å². The molecule has 2 rings (SSSR count). The molecule has 0 atom stereocenters. The minimum atomic E-state index is -0.276. The van der Waals surface area contributed by atoms with E-state index in [4.69, 9.17) is 23.2 Å². The molecule has 112 valence electrons. The molecule has 2 aromatic carbocycles. The summed E-state index contributed by atoms with van der Waals surface area (Å²) >= 11 is 11.7. The van der Waals surface area contributed by atoms with E-state index in [2.05, 4.69) is 5.32 Å². The summed E-state index contributed by atoms with van der Waals surface area (Å²) in [6.07, 6.45) is 3.04. The van der Waals surface area contributed by atoms with Crippen LogP contribution in [0.15, 0.2) is 48.5 Å². The first kappa shape index (κ1) is 16.3. The van der Waals surface area contributed by atoms with Crippen LogP contribution in [0.3, 0.4) is 0 Å². The van der Waals surface area contributed by atoms with Gasteiger partial charge in [-0.2, -0.15) is 0 Å². The van der Waals surface area contributed by atoms with E-state index in [9.17, 15) is 9.59 Å². The van der Waals surface area contributed by atoms with Gasteiger partial charge < -0.3 is 5.32 Å². The summed E-state index contributed by atoms with van der Waals surface area (Å²) in [5, 5.41) is 3.61. The first-order chi connectivity index (χ1) is 10.5. The number of carbonyl (C=O) groups is 2. The van der Waals surface area contributed by atoms with Crippen molar-refractivity contribution >= 4 is 46.7 Å². The lowest BCUT2D eigenvalue weighted by atomic mass is 10.1. The number of nitrogens with one attached hydrogen (secondary N) is 1. The van der Waals surface area contributed by atoms with Crippen molar-refractivity contribution in [1.82, 2.24) is 0 Å². The molecule has 0 aliphatic heterocycles. The summed E-state index contributed by atoms with van der Waals surface area (Å²) in [4.78, 5) is 23.0. The van der Waals surface area contributed by atoms with Crippen molar-refractivity contribution in [2.24, 2.45) is 0 Å². The number of halogens is 2. The summed E-state index contributed by atoms with van der Waals surface area (Å²) in [7, 11) is 0. The molecule has 0 radical (unpaired) electrons. The molecule has 0 bridgehead atoms. The maximum Gasteiger partial charge on any atom is 0.248 e. The van der Waals surface area contributed by atoms with E-state index in [0.717, 1.165) is 5.56 Å². The quantitative estimate of drug-likeness (QED) is 0.642. The Kier molecular flexibility index (Phi) is 5.36. The second-order valence-electron chi connectivity index (χ2n) is 4.63. The van der Waals surface area contributed by atoms with E-state index in [1.807, 2.05) is 0 Å².